The van der Waals surface area contributed by atoms with Crippen molar-refractivity contribution in [1.29, 1.82) is 0 Å². The zero-order valence-corrected chi connectivity index (χ0v) is 22.8. The van der Waals surface area contributed by atoms with E-state index < -0.39 is 5.91 Å². The molecule has 1 aliphatic rings. The molecule has 2 aromatic carbocycles. The molecule has 3 aromatic heterocycles. The molecule has 0 fully saturated rings. The molecule has 0 saturated carbocycles. The fourth-order valence-electron chi connectivity index (χ4n) is 4.39. The summed E-state index contributed by atoms with van der Waals surface area (Å²) in [5, 5.41) is 15.4. The largest absolute Gasteiger partial charge is 0.381 e. The summed E-state index contributed by atoms with van der Waals surface area (Å²) in [7, 11) is 1.88. The van der Waals surface area contributed by atoms with Crippen LogP contribution in [0.1, 0.15) is 39.9 Å². The standard InChI is InChI=1S/C23H20N4O.C6H8N6O/c1-4-21-25-20-12-8-9-17(13-14-18-15-24-26(3)16(18)2)22(20)23(28)27(21)19-10-6-5-7-11-19;7-4-3(5(8)13)6-9-1-2-10-12(6)11-4/h5-12,15H,4H2,1-3H3;2,9H,1H2,(H2,7,11)(H2,8,13). The minimum atomic E-state index is -0.608. The lowest BCUT2D eigenvalue weighted by molar-refractivity contribution is 0.100. The number of nitrogen functional groups attached to an aromatic ring is 1. The van der Waals surface area contributed by atoms with Crippen LogP contribution < -0.4 is 22.3 Å². The lowest BCUT2D eigenvalue weighted by Crippen LogP contribution is -2.24. The first-order valence-corrected chi connectivity index (χ1v) is 12.9. The lowest BCUT2D eigenvalue weighted by Gasteiger charge is -2.13. The summed E-state index contributed by atoms with van der Waals surface area (Å²) in [6.45, 7) is 4.50. The molecule has 0 spiro atoms. The summed E-state index contributed by atoms with van der Waals surface area (Å²) in [5.74, 6) is 6.97. The van der Waals surface area contributed by atoms with Gasteiger partial charge in [-0.25, -0.2) is 4.98 Å². The Morgan fingerprint density at radius 3 is 2.54 bits per heavy atom. The molecule has 5 N–H and O–H groups in total. The Morgan fingerprint density at radius 2 is 1.85 bits per heavy atom. The van der Waals surface area contributed by atoms with E-state index in [1.807, 2.05) is 69.4 Å². The number of carbonyl (C=O) groups excluding carboxylic acids is 1. The first kappa shape index (κ1) is 26.9. The van der Waals surface area contributed by atoms with Crippen LogP contribution in [0.2, 0.25) is 0 Å². The number of para-hydroxylation sites is 1. The molecule has 0 unspecified atom stereocenters. The van der Waals surface area contributed by atoms with Gasteiger partial charge in [-0.1, -0.05) is 43.0 Å². The molecule has 4 heterocycles. The fraction of sp³-hybridized carbons (Fsp3) is 0.172. The Kier molecular flexibility index (Phi) is 7.34. The average molecular weight is 549 g/mol. The molecule has 12 heteroatoms. The van der Waals surface area contributed by atoms with E-state index in [1.165, 1.54) is 4.79 Å². The van der Waals surface area contributed by atoms with Gasteiger partial charge in [0.2, 0.25) is 0 Å². The van der Waals surface area contributed by atoms with Crippen LogP contribution in [-0.4, -0.2) is 47.9 Å². The van der Waals surface area contributed by atoms with E-state index in [4.69, 9.17) is 16.5 Å². The Bertz CT molecular complexity index is 1920. The Balaban J connectivity index is 0.000000216. The molecule has 0 bridgehead atoms. The van der Waals surface area contributed by atoms with Gasteiger partial charge >= 0.3 is 0 Å². The second-order valence-electron chi connectivity index (χ2n) is 9.12. The highest BCUT2D eigenvalue weighted by molar-refractivity contribution is 6.02. The van der Waals surface area contributed by atoms with Crippen LogP contribution >= 0.6 is 0 Å². The monoisotopic (exact) mass is 548 g/mol. The molecule has 1 aliphatic heterocycles. The van der Waals surface area contributed by atoms with Gasteiger partial charge in [0.1, 0.15) is 11.4 Å². The van der Waals surface area contributed by atoms with Crippen molar-refractivity contribution >= 4 is 34.7 Å². The molecule has 0 saturated heterocycles. The van der Waals surface area contributed by atoms with E-state index in [0.717, 1.165) is 22.8 Å². The number of nitrogens with zero attached hydrogens (tertiary/aromatic N) is 7. The first-order chi connectivity index (χ1) is 19.8. The van der Waals surface area contributed by atoms with Crippen molar-refractivity contribution in [1.82, 2.24) is 29.2 Å². The highest BCUT2D eigenvalue weighted by atomic mass is 16.1. The van der Waals surface area contributed by atoms with Gasteiger partial charge in [0, 0.05) is 25.2 Å². The van der Waals surface area contributed by atoms with Crippen molar-refractivity contribution in [3.05, 3.63) is 93.3 Å². The molecule has 6 rings (SSSR count). The Hall–Kier alpha value is -5.70. The fourth-order valence-corrected chi connectivity index (χ4v) is 4.39. The smallest absolute Gasteiger partial charge is 0.267 e. The summed E-state index contributed by atoms with van der Waals surface area (Å²) in [6.07, 6.45) is 4.01. The van der Waals surface area contributed by atoms with E-state index in [2.05, 4.69) is 32.5 Å². The number of carbonyl (C=O) groups is 1. The van der Waals surface area contributed by atoms with E-state index in [1.54, 1.807) is 21.7 Å². The number of benzene rings is 2. The maximum Gasteiger partial charge on any atom is 0.267 e. The van der Waals surface area contributed by atoms with Gasteiger partial charge in [0.05, 0.1) is 40.6 Å². The third kappa shape index (κ3) is 5.16. The second kappa shape index (κ2) is 11.2. The van der Waals surface area contributed by atoms with Crippen LogP contribution in [0.4, 0.5) is 11.6 Å². The van der Waals surface area contributed by atoms with Gasteiger partial charge < -0.3 is 16.8 Å². The summed E-state index contributed by atoms with van der Waals surface area (Å²) in [6, 6.07) is 15.2. The lowest BCUT2D eigenvalue weighted by atomic mass is 10.1. The Labute approximate surface area is 235 Å². The van der Waals surface area contributed by atoms with Crippen molar-refractivity contribution in [2.24, 2.45) is 17.9 Å². The van der Waals surface area contributed by atoms with Gasteiger partial charge in [-0.2, -0.15) is 10.2 Å². The van der Waals surface area contributed by atoms with Gasteiger partial charge in [-0.3, -0.25) is 18.8 Å². The van der Waals surface area contributed by atoms with E-state index in [9.17, 15) is 9.59 Å². The Morgan fingerprint density at radius 1 is 1.10 bits per heavy atom. The molecule has 5 aromatic rings. The topological polar surface area (TPSA) is 164 Å². The van der Waals surface area contributed by atoms with E-state index in [-0.39, 0.29) is 16.9 Å². The van der Waals surface area contributed by atoms with Gasteiger partial charge in [-0.15, -0.1) is 9.89 Å². The van der Waals surface area contributed by atoms with Crippen LogP contribution in [0.15, 0.2) is 64.6 Å². The SMILES string of the molecule is CCc1nc2cccc(C#Cc3cnn(C)c3C)c2c(=O)n1-c1ccccc1.NC(=O)c1c(N)nn2c1NCC=N2. The number of aryl methyl sites for hydroxylation is 2. The average Bonchev–Trinajstić information content (AvgIpc) is 3.49. The van der Waals surface area contributed by atoms with Gasteiger partial charge in [0.25, 0.3) is 11.5 Å². The number of nitrogens with one attached hydrogen (secondary N) is 1. The predicted molar refractivity (Wildman–Crippen MR) is 158 cm³/mol. The molecule has 1 amide bonds. The van der Waals surface area contributed by atoms with Crippen molar-refractivity contribution < 1.29 is 4.79 Å². The van der Waals surface area contributed by atoms with Gasteiger partial charge in [-0.05, 0) is 31.2 Å². The number of primary amides is 1. The maximum atomic E-state index is 13.5. The van der Waals surface area contributed by atoms with Crippen molar-refractivity contribution in [2.45, 2.75) is 20.3 Å². The van der Waals surface area contributed by atoms with Crippen LogP contribution in [0.25, 0.3) is 16.6 Å². The van der Waals surface area contributed by atoms with E-state index >= 15 is 0 Å². The van der Waals surface area contributed by atoms with Crippen molar-refractivity contribution in [2.75, 3.05) is 17.6 Å². The zero-order valence-electron chi connectivity index (χ0n) is 22.8. The molecule has 0 radical (unpaired) electrons. The van der Waals surface area contributed by atoms with Crippen molar-refractivity contribution in [3.63, 3.8) is 0 Å². The molecular formula is C29H28N10O2. The summed E-state index contributed by atoms with van der Waals surface area (Å²) in [4.78, 5) is 30.4. The zero-order chi connectivity index (χ0) is 29.1. The quantitative estimate of drug-likeness (QED) is 0.291. The molecule has 12 nitrogen and oxygen atoms in total. The molecule has 41 heavy (non-hydrogen) atoms. The number of hydrogen-bond acceptors (Lipinski definition) is 8. The van der Waals surface area contributed by atoms with Crippen LogP contribution in [-0.2, 0) is 13.5 Å². The first-order valence-electron chi connectivity index (χ1n) is 12.9. The van der Waals surface area contributed by atoms with Crippen molar-refractivity contribution in [3.8, 4) is 17.5 Å². The number of hydrogen-bond donors (Lipinski definition) is 3. The molecule has 206 valence electrons. The van der Waals surface area contributed by atoms with Gasteiger partial charge in [0.15, 0.2) is 11.6 Å². The second-order valence-corrected chi connectivity index (χ2v) is 9.12. The summed E-state index contributed by atoms with van der Waals surface area (Å²) >= 11 is 0. The minimum Gasteiger partial charge on any atom is -0.381 e. The highest BCUT2D eigenvalue weighted by Gasteiger charge is 2.21. The molecule has 0 atom stereocenters. The number of aromatic nitrogens is 6. The molecular weight excluding hydrogens is 520 g/mol. The van der Waals surface area contributed by atoms with Crippen LogP contribution in [0, 0.1) is 18.8 Å². The number of fused-ring (bicyclic) bond motifs is 2. The van der Waals surface area contributed by atoms with E-state index in [0.29, 0.717) is 35.2 Å². The van der Waals surface area contributed by atoms with Crippen LogP contribution in [0.5, 0.6) is 0 Å². The summed E-state index contributed by atoms with van der Waals surface area (Å²) < 4.78 is 3.47. The molecule has 0 aliphatic carbocycles. The number of anilines is 2. The number of nitrogens with two attached hydrogens (primary N) is 2. The van der Waals surface area contributed by atoms with Crippen LogP contribution in [0.3, 0.4) is 0 Å². The third-order valence-corrected chi connectivity index (χ3v) is 6.56. The minimum absolute atomic E-state index is 0.0917. The third-order valence-electron chi connectivity index (χ3n) is 6.56. The number of rotatable bonds is 3. The maximum absolute atomic E-state index is 13.5. The summed E-state index contributed by atoms with van der Waals surface area (Å²) in [5.41, 5.74) is 14.7. The normalized spacial score (nSPS) is 11.6. The predicted octanol–water partition coefficient (Wildman–Crippen LogP) is 2.21. The number of amides is 1. The highest BCUT2D eigenvalue weighted by Crippen LogP contribution is 2.22.